The van der Waals surface area contributed by atoms with Crippen LogP contribution in [0.1, 0.15) is 87.0 Å². The van der Waals surface area contributed by atoms with Gasteiger partial charge in [0.2, 0.25) is 0 Å². The Bertz CT molecular complexity index is 798. The van der Waals surface area contributed by atoms with E-state index < -0.39 is 0 Å². The summed E-state index contributed by atoms with van der Waals surface area (Å²) in [5.41, 5.74) is 4.53. The maximum Gasteiger partial charge on any atom is 0.127 e. The van der Waals surface area contributed by atoms with Gasteiger partial charge in [-0.2, -0.15) is 0 Å². The number of halogens is 1. The molecule has 1 heteroatoms. The zero-order valence-electron chi connectivity index (χ0n) is 17.4. The van der Waals surface area contributed by atoms with Crippen LogP contribution in [-0.2, 0) is 12.8 Å². The van der Waals surface area contributed by atoms with Crippen molar-refractivity contribution in [1.82, 2.24) is 0 Å². The van der Waals surface area contributed by atoms with Crippen molar-refractivity contribution in [2.45, 2.75) is 77.6 Å². The van der Waals surface area contributed by atoms with Gasteiger partial charge in [-0.25, -0.2) is 4.39 Å². The van der Waals surface area contributed by atoms with Gasteiger partial charge in [-0.05, 0) is 79.7 Å². The van der Waals surface area contributed by atoms with Crippen LogP contribution >= 0.6 is 0 Å². The van der Waals surface area contributed by atoms with Gasteiger partial charge in [0.25, 0.3) is 0 Å². The fraction of sp³-hybridized carbons (Fsp3) is 0.481. The fourth-order valence-electron chi connectivity index (χ4n) is 4.18. The fourth-order valence-corrected chi connectivity index (χ4v) is 4.18. The first-order valence-corrected chi connectivity index (χ1v) is 11.1. The van der Waals surface area contributed by atoms with Gasteiger partial charge in [-0.15, -0.1) is 0 Å². The molecule has 0 radical (unpaired) electrons. The molecule has 0 aromatic heterocycles. The summed E-state index contributed by atoms with van der Waals surface area (Å²) in [5.74, 6) is 7.66. The molecule has 1 aliphatic carbocycles. The summed E-state index contributed by atoms with van der Waals surface area (Å²) in [6, 6.07) is 14.7. The van der Waals surface area contributed by atoms with E-state index in [1.54, 1.807) is 6.07 Å². The van der Waals surface area contributed by atoms with Gasteiger partial charge in [0.1, 0.15) is 5.82 Å². The minimum absolute atomic E-state index is 0.0952. The van der Waals surface area contributed by atoms with Gasteiger partial charge < -0.3 is 0 Å². The van der Waals surface area contributed by atoms with Crippen LogP contribution in [-0.4, -0.2) is 0 Å². The number of rotatable bonds is 6. The minimum atomic E-state index is -0.0952. The van der Waals surface area contributed by atoms with Gasteiger partial charge in [0.15, 0.2) is 0 Å². The number of hydrogen-bond acceptors (Lipinski definition) is 0. The highest BCUT2D eigenvalue weighted by Crippen LogP contribution is 2.35. The van der Waals surface area contributed by atoms with Gasteiger partial charge in [-0.3, -0.25) is 0 Å². The van der Waals surface area contributed by atoms with Crippen LogP contribution in [0, 0.1) is 23.6 Å². The average Bonchev–Trinajstić information content (AvgIpc) is 2.74. The number of unbranched alkanes of at least 4 members (excludes halogenated alkanes) is 2. The standard InChI is InChI=1S/C27H33F/c1-3-5-6-7-26-19-14-23(20-27(26)28)9-8-22-12-17-25(18-13-22)24-15-10-21(4-2)11-16-24/h10-11,14-16,19-20,22,25H,3-7,12-13,17-18H2,1-2H3. The number of benzene rings is 2. The van der Waals surface area contributed by atoms with Crippen LogP contribution in [0.3, 0.4) is 0 Å². The van der Waals surface area contributed by atoms with Crippen molar-refractivity contribution in [3.05, 3.63) is 70.5 Å². The summed E-state index contributed by atoms with van der Waals surface area (Å²) < 4.78 is 14.3. The molecule has 0 aliphatic heterocycles. The minimum Gasteiger partial charge on any atom is -0.207 e. The Labute approximate surface area is 170 Å². The molecule has 1 saturated carbocycles. The summed E-state index contributed by atoms with van der Waals surface area (Å²) in [6.45, 7) is 4.37. The van der Waals surface area contributed by atoms with Crippen LogP contribution in [0.2, 0.25) is 0 Å². The van der Waals surface area contributed by atoms with E-state index in [1.165, 1.54) is 24.0 Å². The molecule has 28 heavy (non-hydrogen) atoms. The quantitative estimate of drug-likeness (QED) is 0.363. The molecule has 0 heterocycles. The predicted octanol–water partition coefficient (Wildman–Crippen LogP) is 7.45. The summed E-state index contributed by atoms with van der Waals surface area (Å²) >= 11 is 0. The Kier molecular flexibility index (Phi) is 7.72. The lowest BCUT2D eigenvalue weighted by atomic mass is 9.79. The molecule has 148 valence electrons. The molecule has 0 nitrogen and oxygen atoms in total. The zero-order chi connectivity index (χ0) is 19.8. The first-order chi connectivity index (χ1) is 13.7. The molecule has 0 amide bonds. The molecule has 0 unspecified atom stereocenters. The molecule has 0 spiro atoms. The third-order valence-electron chi connectivity index (χ3n) is 6.11. The highest BCUT2D eigenvalue weighted by atomic mass is 19.1. The maximum atomic E-state index is 14.3. The second-order valence-corrected chi connectivity index (χ2v) is 8.18. The van der Waals surface area contributed by atoms with E-state index in [1.807, 2.05) is 12.1 Å². The second-order valence-electron chi connectivity index (χ2n) is 8.18. The molecule has 0 bridgehead atoms. The highest BCUT2D eigenvalue weighted by Gasteiger charge is 2.21. The van der Waals surface area contributed by atoms with Crippen molar-refractivity contribution >= 4 is 0 Å². The topological polar surface area (TPSA) is 0 Å². The average molecular weight is 377 g/mol. The molecule has 1 fully saturated rings. The van der Waals surface area contributed by atoms with Crippen molar-refractivity contribution < 1.29 is 4.39 Å². The lowest BCUT2D eigenvalue weighted by molar-refractivity contribution is 0.384. The van der Waals surface area contributed by atoms with E-state index in [2.05, 4.69) is 50.0 Å². The van der Waals surface area contributed by atoms with E-state index in [4.69, 9.17) is 0 Å². The Morgan fingerprint density at radius 1 is 0.929 bits per heavy atom. The van der Waals surface area contributed by atoms with E-state index in [9.17, 15) is 4.39 Å². The lowest BCUT2D eigenvalue weighted by Gasteiger charge is -2.26. The van der Waals surface area contributed by atoms with E-state index >= 15 is 0 Å². The maximum absolute atomic E-state index is 14.3. The van der Waals surface area contributed by atoms with Crippen molar-refractivity contribution in [3.63, 3.8) is 0 Å². The third-order valence-corrected chi connectivity index (χ3v) is 6.11. The summed E-state index contributed by atoms with van der Waals surface area (Å²) in [4.78, 5) is 0. The van der Waals surface area contributed by atoms with E-state index in [-0.39, 0.29) is 5.82 Å². The normalized spacial score (nSPS) is 19.1. The van der Waals surface area contributed by atoms with Crippen molar-refractivity contribution in [2.75, 3.05) is 0 Å². The number of hydrogen-bond donors (Lipinski definition) is 0. The predicted molar refractivity (Wildman–Crippen MR) is 117 cm³/mol. The summed E-state index contributed by atoms with van der Waals surface area (Å²) in [7, 11) is 0. The van der Waals surface area contributed by atoms with Gasteiger partial charge in [0.05, 0.1) is 0 Å². The largest absolute Gasteiger partial charge is 0.207 e. The SMILES string of the molecule is CCCCCc1ccc(C#CC2CCC(c3ccc(CC)cc3)CC2)cc1F. The van der Waals surface area contributed by atoms with Crippen LogP contribution < -0.4 is 0 Å². The third kappa shape index (κ3) is 5.71. The zero-order valence-corrected chi connectivity index (χ0v) is 17.4. The van der Waals surface area contributed by atoms with Crippen LogP contribution in [0.4, 0.5) is 4.39 Å². The van der Waals surface area contributed by atoms with E-state index in [0.29, 0.717) is 11.8 Å². The Morgan fingerprint density at radius 3 is 2.32 bits per heavy atom. The number of aryl methyl sites for hydroxylation is 2. The molecule has 0 saturated heterocycles. The molecule has 0 atom stereocenters. The highest BCUT2D eigenvalue weighted by molar-refractivity contribution is 5.37. The Balaban J connectivity index is 1.53. The molecule has 1 aliphatic rings. The van der Waals surface area contributed by atoms with Crippen LogP contribution in [0.5, 0.6) is 0 Å². The second kappa shape index (κ2) is 10.5. The first-order valence-electron chi connectivity index (χ1n) is 11.1. The van der Waals surface area contributed by atoms with Crippen LogP contribution in [0.25, 0.3) is 0 Å². The summed E-state index contributed by atoms with van der Waals surface area (Å²) in [6.07, 6.45) is 10.0. The van der Waals surface area contributed by atoms with Gasteiger partial charge in [0, 0.05) is 11.5 Å². The van der Waals surface area contributed by atoms with Gasteiger partial charge >= 0.3 is 0 Å². The molecule has 0 N–H and O–H groups in total. The molecule has 3 rings (SSSR count). The molecule has 2 aromatic carbocycles. The van der Waals surface area contributed by atoms with Gasteiger partial charge in [-0.1, -0.05) is 68.9 Å². The monoisotopic (exact) mass is 376 g/mol. The van der Waals surface area contributed by atoms with Crippen molar-refractivity contribution in [3.8, 4) is 11.8 Å². The molecular formula is C27H33F. The first kappa shape index (κ1) is 20.7. The Morgan fingerprint density at radius 2 is 1.68 bits per heavy atom. The smallest absolute Gasteiger partial charge is 0.127 e. The molecular weight excluding hydrogens is 343 g/mol. The Hall–Kier alpha value is -2.07. The van der Waals surface area contributed by atoms with Crippen molar-refractivity contribution in [1.29, 1.82) is 0 Å². The lowest BCUT2D eigenvalue weighted by Crippen LogP contribution is -2.12. The van der Waals surface area contributed by atoms with Crippen molar-refractivity contribution in [2.24, 2.45) is 5.92 Å². The van der Waals surface area contributed by atoms with E-state index in [0.717, 1.165) is 56.1 Å². The van der Waals surface area contributed by atoms with Crippen LogP contribution in [0.15, 0.2) is 42.5 Å². The summed E-state index contributed by atoms with van der Waals surface area (Å²) in [5, 5.41) is 0. The molecule has 2 aromatic rings.